The first kappa shape index (κ1) is 20.9. The second-order valence-electron chi connectivity index (χ2n) is 7.73. The molecule has 1 N–H and O–H groups in total. The second-order valence-corrected chi connectivity index (χ2v) is 7.73. The molecule has 0 radical (unpaired) electrons. The molecule has 1 saturated heterocycles. The number of hydrogen-bond donors (Lipinski definition) is 1. The van der Waals surface area contributed by atoms with E-state index in [1.165, 1.54) is 4.90 Å². The Bertz CT molecular complexity index is 780. The van der Waals surface area contributed by atoms with Gasteiger partial charge in [0.05, 0.1) is 18.4 Å². The highest BCUT2D eigenvalue weighted by atomic mass is 16.5. The number of carbonyl (C=O) groups is 3. The van der Waals surface area contributed by atoms with E-state index < -0.39 is 0 Å². The Labute approximate surface area is 170 Å². The number of hydrogen-bond acceptors (Lipinski definition) is 6. The van der Waals surface area contributed by atoms with Crippen LogP contribution in [0.5, 0.6) is 0 Å². The zero-order valence-electron chi connectivity index (χ0n) is 16.8. The Morgan fingerprint density at radius 2 is 2.10 bits per heavy atom. The summed E-state index contributed by atoms with van der Waals surface area (Å²) in [5.41, 5.74) is 3.39. The summed E-state index contributed by atoms with van der Waals surface area (Å²) >= 11 is 0. The number of amides is 3. The minimum Gasteiger partial charge on any atom is -0.368 e. The fraction of sp³-hybridized carbons (Fsp3) is 0.550. The third-order valence-corrected chi connectivity index (χ3v) is 4.74. The first-order chi connectivity index (χ1) is 13.9. The number of ether oxygens (including phenoxy) is 1. The largest absolute Gasteiger partial charge is 0.368 e. The van der Waals surface area contributed by atoms with Gasteiger partial charge < -0.3 is 14.5 Å². The van der Waals surface area contributed by atoms with Gasteiger partial charge in [0.2, 0.25) is 11.8 Å². The molecule has 2 aliphatic heterocycles. The van der Waals surface area contributed by atoms with Crippen LogP contribution in [0.25, 0.3) is 0 Å². The zero-order chi connectivity index (χ0) is 20.8. The molecule has 29 heavy (non-hydrogen) atoms. The molecule has 9 heteroatoms. The van der Waals surface area contributed by atoms with E-state index in [1.807, 2.05) is 32.0 Å². The van der Waals surface area contributed by atoms with Gasteiger partial charge in [0.25, 0.3) is 5.91 Å². The van der Waals surface area contributed by atoms with Gasteiger partial charge in [-0.2, -0.15) is 5.10 Å². The Hall–Kier alpha value is -2.81. The molecule has 0 saturated carbocycles. The van der Waals surface area contributed by atoms with Gasteiger partial charge in [-0.05, 0) is 18.1 Å². The van der Waals surface area contributed by atoms with Crippen LogP contribution in [0.4, 0.5) is 0 Å². The lowest BCUT2D eigenvalue weighted by Crippen LogP contribution is -2.45. The Morgan fingerprint density at radius 3 is 2.76 bits per heavy atom. The van der Waals surface area contributed by atoms with Crippen LogP contribution in [-0.4, -0.2) is 70.5 Å². The maximum atomic E-state index is 12.9. The van der Waals surface area contributed by atoms with Crippen LogP contribution in [-0.2, 0) is 25.7 Å². The molecule has 3 rings (SSSR count). The first-order valence-corrected chi connectivity index (χ1v) is 9.86. The molecule has 3 amide bonds. The van der Waals surface area contributed by atoms with Gasteiger partial charge >= 0.3 is 0 Å². The lowest BCUT2D eigenvalue weighted by molar-refractivity contribution is -0.136. The predicted octanol–water partition coefficient (Wildman–Crippen LogP) is 0.560. The van der Waals surface area contributed by atoms with Crippen molar-refractivity contribution in [2.75, 3.05) is 26.2 Å². The van der Waals surface area contributed by atoms with E-state index in [-0.39, 0.29) is 55.5 Å². The SMILES string of the molecule is CC(C)CN1C[C@H](OCc2ccccn2)CN(C(=O)C2=NNC(=O)CC2)CC1=O. The van der Waals surface area contributed by atoms with Crippen molar-refractivity contribution in [3.05, 3.63) is 30.1 Å². The van der Waals surface area contributed by atoms with E-state index >= 15 is 0 Å². The molecule has 0 aromatic carbocycles. The topological polar surface area (TPSA) is 104 Å². The minimum absolute atomic E-state index is 0.0258. The lowest BCUT2D eigenvalue weighted by Gasteiger charge is -2.26. The maximum absolute atomic E-state index is 12.9. The van der Waals surface area contributed by atoms with Gasteiger partial charge in [-0.15, -0.1) is 0 Å². The Morgan fingerprint density at radius 1 is 1.28 bits per heavy atom. The van der Waals surface area contributed by atoms with E-state index in [4.69, 9.17) is 4.74 Å². The summed E-state index contributed by atoms with van der Waals surface area (Å²) in [5.74, 6) is -0.364. The third kappa shape index (κ3) is 5.83. The van der Waals surface area contributed by atoms with E-state index in [1.54, 1.807) is 11.1 Å². The van der Waals surface area contributed by atoms with Crippen LogP contribution >= 0.6 is 0 Å². The number of hydrazone groups is 1. The molecule has 1 fully saturated rings. The highest BCUT2D eigenvalue weighted by molar-refractivity contribution is 6.39. The summed E-state index contributed by atoms with van der Waals surface area (Å²) in [6.45, 7) is 5.65. The lowest BCUT2D eigenvalue weighted by atomic mass is 10.1. The van der Waals surface area contributed by atoms with Crippen LogP contribution < -0.4 is 5.43 Å². The molecule has 1 aromatic heterocycles. The van der Waals surface area contributed by atoms with E-state index in [0.717, 1.165) is 5.69 Å². The molecule has 1 atom stereocenters. The number of pyridine rings is 1. The van der Waals surface area contributed by atoms with Gasteiger partial charge in [0.15, 0.2) is 0 Å². The van der Waals surface area contributed by atoms with E-state index in [9.17, 15) is 14.4 Å². The summed E-state index contributed by atoms with van der Waals surface area (Å²) in [6.07, 6.45) is 1.84. The fourth-order valence-corrected chi connectivity index (χ4v) is 3.35. The van der Waals surface area contributed by atoms with Crippen LogP contribution in [0.15, 0.2) is 29.5 Å². The fourth-order valence-electron chi connectivity index (χ4n) is 3.35. The van der Waals surface area contributed by atoms with Crippen molar-refractivity contribution in [2.24, 2.45) is 11.0 Å². The number of nitrogens with zero attached hydrogens (tertiary/aromatic N) is 4. The number of nitrogens with one attached hydrogen (secondary N) is 1. The molecular formula is C20H27N5O4. The summed E-state index contributed by atoms with van der Waals surface area (Å²) < 4.78 is 6.03. The van der Waals surface area contributed by atoms with Gasteiger partial charge in [0.1, 0.15) is 12.3 Å². The average molecular weight is 401 g/mol. The normalized spacial score (nSPS) is 20.4. The second kappa shape index (κ2) is 9.60. The molecule has 9 nitrogen and oxygen atoms in total. The molecule has 3 heterocycles. The van der Waals surface area contributed by atoms with Crippen LogP contribution in [0.2, 0.25) is 0 Å². The van der Waals surface area contributed by atoms with Crippen LogP contribution in [0, 0.1) is 5.92 Å². The Kier molecular flexibility index (Phi) is 6.92. The molecule has 0 spiro atoms. The average Bonchev–Trinajstić information content (AvgIpc) is 2.86. The van der Waals surface area contributed by atoms with Crippen LogP contribution in [0.1, 0.15) is 32.4 Å². The van der Waals surface area contributed by atoms with Crippen molar-refractivity contribution in [3.63, 3.8) is 0 Å². The predicted molar refractivity (Wildman–Crippen MR) is 106 cm³/mol. The van der Waals surface area contributed by atoms with Crippen molar-refractivity contribution in [1.29, 1.82) is 0 Å². The van der Waals surface area contributed by atoms with Crippen molar-refractivity contribution >= 4 is 23.4 Å². The minimum atomic E-state index is -0.343. The van der Waals surface area contributed by atoms with E-state index in [0.29, 0.717) is 25.6 Å². The zero-order valence-corrected chi connectivity index (χ0v) is 16.8. The quantitative estimate of drug-likeness (QED) is 0.750. The molecule has 0 aliphatic carbocycles. The number of carbonyl (C=O) groups excluding carboxylic acids is 3. The molecule has 0 bridgehead atoms. The summed E-state index contributed by atoms with van der Waals surface area (Å²) in [5, 5.41) is 3.88. The Balaban J connectivity index is 1.73. The first-order valence-electron chi connectivity index (χ1n) is 9.86. The summed E-state index contributed by atoms with van der Waals surface area (Å²) in [6, 6.07) is 5.59. The van der Waals surface area contributed by atoms with Crippen molar-refractivity contribution < 1.29 is 19.1 Å². The smallest absolute Gasteiger partial charge is 0.270 e. The van der Waals surface area contributed by atoms with Crippen molar-refractivity contribution in [3.8, 4) is 0 Å². The van der Waals surface area contributed by atoms with E-state index in [2.05, 4.69) is 15.5 Å². The number of rotatable bonds is 6. The highest BCUT2D eigenvalue weighted by Gasteiger charge is 2.33. The summed E-state index contributed by atoms with van der Waals surface area (Å²) in [4.78, 5) is 44.5. The molecule has 2 aliphatic rings. The van der Waals surface area contributed by atoms with Crippen molar-refractivity contribution in [2.45, 2.75) is 39.4 Å². The number of aromatic nitrogens is 1. The highest BCUT2D eigenvalue weighted by Crippen LogP contribution is 2.14. The summed E-state index contributed by atoms with van der Waals surface area (Å²) in [7, 11) is 0. The maximum Gasteiger partial charge on any atom is 0.270 e. The van der Waals surface area contributed by atoms with Crippen molar-refractivity contribution in [1.82, 2.24) is 20.2 Å². The van der Waals surface area contributed by atoms with Crippen LogP contribution in [0.3, 0.4) is 0 Å². The molecular weight excluding hydrogens is 374 g/mol. The molecule has 156 valence electrons. The standard InChI is InChI=1S/C20H27N5O4/c1-14(2)9-24-10-16(29-13-15-5-3-4-8-21-15)11-25(12-19(24)27)20(28)17-6-7-18(26)23-22-17/h3-5,8,14,16H,6-7,9-13H2,1-2H3,(H,23,26)/t16-/m0/s1. The molecule has 0 unspecified atom stereocenters. The third-order valence-electron chi connectivity index (χ3n) is 4.74. The molecule has 1 aromatic rings. The van der Waals surface area contributed by atoms with Gasteiger partial charge in [-0.1, -0.05) is 19.9 Å². The monoisotopic (exact) mass is 401 g/mol. The van der Waals surface area contributed by atoms with Gasteiger partial charge in [-0.25, -0.2) is 5.43 Å². The van der Waals surface area contributed by atoms with Gasteiger partial charge in [-0.3, -0.25) is 19.4 Å². The van der Waals surface area contributed by atoms with Gasteiger partial charge in [0, 0.05) is 38.7 Å².